The van der Waals surface area contributed by atoms with E-state index >= 15 is 0 Å². The molecule has 8 heteroatoms. The van der Waals surface area contributed by atoms with Gasteiger partial charge in [-0.05, 0) is 58.7 Å². The second-order valence-electron chi connectivity index (χ2n) is 5.22. The van der Waals surface area contributed by atoms with Crippen molar-refractivity contribution in [2.24, 2.45) is 5.10 Å². The molecule has 1 aliphatic rings. The Bertz CT molecular complexity index is 842. The quantitative estimate of drug-likeness (QED) is 0.586. The van der Waals surface area contributed by atoms with Gasteiger partial charge in [0.15, 0.2) is 18.1 Å². The van der Waals surface area contributed by atoms with Crippen LogP contribution in [0.15, 0.2) is 39.9 Å². The normalized spacial score (nSPS) is 12.4. The fourth-order valence-electron chi connectivity index (χ4n) is 2.09. The first-order chi connectivity index (χ1) is 12.0. The molecule has 1 N–H and O–H groups in total. The van der Waals surface area contributed by atoms with Crippen molar-refractivity contribution in [2.75, 3.05) is 13.4 Å². The number of ether oxygens (including phenoxy) is 3. The van der Waals surface area contributed by atoms with Crippen LogP contribution in [0.5, 0.6) is 17.2 Å². The summed E-state index contributed by atoms with van der Waals surface area (Å²) in [5.74, 6) is 1.50. The van der Waals surface area contributed by atoms with Crippen LogP contribution in [0.4, 0.5) is 0 Å². The molecule has 0 saturated heterocycles. The van der Waals surface area contributed by atoms with Gasteiger partial charge in [0.1, 0.15) is 5.75 Å². The number of carbonyl (C=O) groups excluding carboxylic acids is 1. The predicted octanol–water partition coefficient (Wildman–Crippen LogP) is 3.67. The number of nitrogens with one attached hydrogen (secondary N) is 1. The van der Waals surface area contributed by atoms with E-state index in [1.165, 1.54) is 6.21 Å². The first-order valence-corrected chi connectivity index (χ1v) is 8.50. The number of carbonyl (C=O) groups is 1. The third-order valence-electron chi connectivity index (χ3n) is 3.38. The molecule has 2 aromatic carbocycles. The Morgan fingerprint density at radius 1 is 1.36 bits per heavy atom. The lowest BCUT2D eigenvalue weighted by Crippen LogP contribution is -2.24. The van der Waals surface area contributed by atoms with Crippen molar-refractivity contribution in [1.82, 2.24) is 5.43 Å². The van der Waals surface area contributed by atoms with Crippen LogP contribution < -0.4 is 19.6 Å². The highest BCUT2D eigenvalue weighted by atomic mass is 79.9. The molecule has 0 atom stereocenters. The van der Waals surface area contributed by atoms with Crippen molar-refractivity contribution in [3.8, 4) is 17.2 Å². The molecule has 3 rings (SSSR count). The van der Waals surface area contributed by atoms with E-state index in [0.717, 1.165) is 15.6 Å². The van der Waals surface area contributed by atoms with Crippen molar-refractivity contribution >= 4 is 39.7 Å². The Hall–Kier alpha value is -2.25. The van der Waals surface area contributed by atoms with E-state index in [2.05, 4.69) is 26.5 Å². The van der Waals surface area contributed by atoms with Crippen LogP contribution in [0.1, 0.15) is 11.1 Å². The van der Waals surface area contributed by atoms with Crippen LogP contribution in [-0.4, -0.2) is 25.5 Å². The molecule has 0 unspecified atom stereocenters. The number of hydrazone groups is 1. The average Bonchev–Trinajstić information content (AvgIpc) is 3.03. The molecule has 0 aromatic heterocycles. The van der Waals surface area contributed by atoms with Crippen molar-refractivity contribution in [3.05, 3.63) is 51.0 Å². The zero-order valence-electron chi connectivity index (χ0n) is 13.2. The Morgan fingerprint density at radius 2 is 2.12 bits per heavy atom. The van der Waals surface area contributed by atoms with Crippen molar-refractivity contribution in [3.63, 3.8) is 0 Å². The third-order valence-corrected chi connectivity index (χ3v) is 4.49. The highest BCUT2D eigenvalue weighted by molar-refractivity contribution is 9.10. The SMILES string of the molecule is Cc1cc(OCC(=O)N/N=C\c2cc3c(cc2Br)OCO3)ccc1Cl. The lowest BCUT2D eigenvalue weighted by molar-refractivity contribution is -0.123. The van der Waals surface area contributed by atoms with Crippen LogP contribution in [0.2, 0.25) is 5.02 Å². The standard InChI is InChI=1S/C17H14BrClN2O4/c1-10-4-12(2-3-14(10)19)23-8-17(22)21-20-7-11-5-15-16(6-13(11)18)25-9-24-15/h2-7H,8-9H2,1H3,(H,21,22)/b20-7-. The summed E-state index contributed by atoms with van der Waals surface area (Å²) >= 11 is 9.36. The molecule has 0 saturated carbocycles. The van der Waals surface area contributed by atoms with E-state index in [4.69, 9.17) is 25.8 Å². The number of rotatable bonds is 5. The van der Waals surface area contributed by atoms with Crippen LogP contribution in [0.25, 0.3) is 0 Å². The van der Waals surface area contributed by atoms with Gasteiger partial charge in [0.2, 0.25) is 6.79 Å². The molecule has 1 amide bonds. The Labute approximate surface area is 157 Å². The van der Waals surface area contributed by atoms with Crippen LogP contribution in [-0.2, 0) is 4.79 Å². The van der Waals surface area contributed by atoms with Gasteiger partial charge in [-0.25, -0.2) is 5.43 Å². The highest BCUT2D eigenvalue weighted by Crippen LogP contribution is 2.36. The molecule has 0 radical (unpaired) electrons. The average molecular weight is 426 g/mol. The number of amides is 1. The fraction of sp³-hybridized carbons (Fsp3) is 0.176. The topological polar surface area (TPSA) is 69.2 Å². The molecule has 1 aliphatic heterocycles. The van der Waals surface area contributed by atoms with E-state index in [9.17, 15) is 4.79 Å². The summed E-state index contributed by atoms with van der Waals surface area (Å²) in [4.78, 5) is 11.8. The molecule has 0 fully saturated rings. The van der Waals surface area contributed by atoms with Crippen molar-refractivity contribution < 1.29 is 19.0 Å². The largest absolute Gasteiger partial charge is 0.484 e. The summed E-state index contributed by atoms with van der Waals surface area (Å²) in [6, 6.07) is 8.75. The van der Waals surface area contributed by atoms with Gasteiger partial charge in [0.05, 0.1) is 6.21 Å². The number of nitrogens with zero attached hydrogens (tertiary/aromatic N) is 1. The molecular formula is C17H14BrClN2O4. The first kappa shape index (κ1) is 17.6. The molecule has 130 valence electrons. The predicted molar refractivity (Wildman–Crippen MR) is 97.7 cm³/mol. The van der Waals surface area contributed by atoms with Gasteiger partial charge in [0, 0.05) is 15.1 Å². The number of halogens is 2. The maximum atomic E-state index is 11.8. The number of aryl methyl sites for hydroxylation is 1. The minimum Gasteiger partial charge on any atom is -0.484 e. The molecule has 0 spiro atoms. The van der Waals surface area contributed by atoms with Gasteiger partial charge in [-0.3, -0.25) is 4.79 Å². The second kappa shape index (κ2) is 7.76. The van der Waals surface area contributed by atoms with Crippen molar-refractivity contribution in [2.45, 2.75) is 6.92 Å². The molecule has 25 heavy (non-hydrogen) atoms. The summed E-state index contributed by atoms with van der Waals surface area (Å²) < 4.78 is 16.8. The van der Waals surface area contributed by atoms with E-state index in [-0.39, 0.29) is 19.3 Å². The minimum absolute atomic E-state index is 0.152. The van der Waals surface area contributed by atoms with Gasteiger partial charge in [-0.15, -0.1) is 0 Å². The monoisotopic (exact) mass is 424 g/mol. The summed E-state index contributed by atoms with van der Waals surface area (Å²) in [5.41, 5.74) is 4.04. The molecule has 6 nitrogen and oxygen atoms in total. The van der Waals surface area contributed by atoms with Crippen LogP contribution in [0.3, 0.4) is 0 Å². The number of hydrogen-bond acceptors (Lipinski definition) is 5. The Morgan fingerprint density at radius 3 is 2.88 bits per heavy atom. The van der Waals surface area contributed by atoms with E-state index in [1.807, 2.05) is 6.92 Å². The van der Waals surface area contributed by atoms with Gasteiger partial charge < -0.3 is 14.2 Å². The molecule has 1 heterocycles. The van der Waals surface area contributed by atoms with Crippen LogP contribution >= 0.6 is 27.5 Å². The van der Waals surface area contributed by atoms with Gasteiger partial charge >= 0.3 is 0 Å². The Kier molecular flexibility index (Phi) is 5.45. The third kappa shape index (κ3) is 4.43. The van der Waals surface area contributed by atoms with Crippen LogP contribution in [0, 0.1) is 6.92 Å². The maximum Gasteiger partial charge on any atom is 0.277 e. The van der Waals surface area contributed by atoms with Gasteiger partial charge in [0.25, 0.3) is 5.91 Å². The maximum absolute atomic E-state index is 11.8. The zero-order valence-corrected chi connectivity index (χ0v) is 15.6. The highest BCUT2D eigenvalue weighted by Gasteiger charge is 2.15. The number of hydrogen-bond donors (Lipinski definition) is 1. The van der Waals surface area contributed by atoms with Gasteiger partial charge in [-0.2, -0.15) is 5.10 Å². The number of benzene rings is 2. The van der Waals surface area contributed by atoms with E-state index in [0.29, 0.717) is 22.3 Å². The molecular weight excluding hydrogens is 412 g/mol. The summed E-state index contributed by atoms with van der Waals surface area (Å²) in [6.07, 6.45) is 1.51. The van der Waals surface area contributed by atoms with Crippen molar-refractivity contribution in [1.29, 1.82) is 0 Å². The molecule has 2 aromatic rings. The lowest BCUT2D eigenvalue weighted by Gasteiger charge is -2.06. The second-order valence-corrected chi connectivity index (χ2v) is 6.48. The minimum atomic E-state index is -0.374. The smallest absolute Gasteiger partial charge is 0.277 e. The summed E-state index contributed by atoms with van der Waals surface area (Å²) in [7, 11) is 0. The molecule has 0 aliphatic carbocycles. The zero-order chi connectivity index (χ0) is 17.8. The Balaban J connectivity index is 1.53. The van der Waals surface area contributed by atoms with E-state index < -0.39 is 0 Å². The summed E-state index contributed by atoms with van der Waals surface area (Å²) in [5, 5.41) is 4.57. The van der Waals surface area contributed by atoms with Gasteiger partial charge in [-0.1, -0.05) is 11.6 Å². The number of fused-ring (bicyclic) bond motifs is 1. The van der Waals surface area contributed by atoms with E-state index in [1.54, 1.807) is 30.3 Å². The first-order valence-electron chi connectivity index (χ1n) is 7.33. The molecule has 0 bridgehead atoms. The lowest BCUT2D eigenvalue weighted by atomic mass is 10.2. The summed E-state index contributed by atoms with van der Waals surface area (Å²) in [6.45, 7) is 1.91. The fourth-order valence-corrected chi connectivity index (χ4v) is 2.64.